The highest BCUT2D eigenvalue weighted by molar-refractivity contribution is 6.04. The zero-order valence-electron chi connectivity index (χ0n) is 18.6. The van der Waals surface area contributed by atoms with E-state index < -0.39 is 0 Å². The quantitative estimate of drug-likeness (QED) is 0.272. The van der Waals surface area contributed by atoms with E-state index in [4.69, 9.17) is 0 Å². The van der Waals surface area contributed by atoms with Crippen LogP contribution in [0, 0.1) is 6.92 Å². The molecule has 3 aromatic carbocycles. The molecule has 0 saturated heterocycles. The molecular weight excluding hydrogens is 422 g/mol. The van der Waals surface area contributed by atoms with Crippen molar-refractivity contribution < 1.29 is 4.79 Å². The van der Waals surface area contributed by atoms with E-state index in [9.17, 15) is 4.79 Å². The highest BCUT2D eigenvalue weighted by atomic mass is 16.1. The first-order valence-corrected chi connectivity index (χ1v) is 10.9. The molecule has 0 saturated carbocycles. The zero-order chi connectivity index (χ0) is 23.3. The number of hydrogen-bond acceptors (Lipinski definition) is 5. The Bertz CT molecular complexity index is 1430. The van der Waals surface area contributed by atoms with Crippen molar-refractivity contribution in [2.24, 2.45) is 0 Å². The minimum Gasteiger partial charge on any atom is -0.355 e. The predicted octanol–water partition coefficient (Wildman–Crippen LogP) is 6.68. The molecule has 0 fully saturated rings. The Morgan fingerprint density at radius 3 is 2.09 bits per heavy atom. The van der Waals surface area contributed by atoms with E-state index in [0.717, 1.165) is 39.3 Å². The summed E-state index contributed by atoms with van der Waals surface area (Å²) in [7, 11) is 0. The van der Waals surface area contributed by atoms with Crippen molar-refractivity contribution >= 4 is 45.2 Å². The minimum atomic E-state index is -0.160. The molecule has 34 heavy (non-hydrogen) atoms. The van der Waals surface area contributed by atoms with Crippen LogP contribution in [0.1, 0.15) is 15.9 Å². The van der Waals surface area contributed by atoms with Gasteiger partial charge in [-0.1, -0.05) is 11.6 Å². The fraction of sp³-hybridized carbons (Fsp3) is 0.0357. The molecule has 0 atom stereocenters. The summed E-state index contributed by atoms with van der Waals surface area (Å²) >= 11 is 0. The summed E-state index contributed by atoms with van der Waals surface area (Å²) in [5.41, 5.74) is 7.20. The third-order valence-electron chi connectivity index (χ3n) is 5.43. The molecule has 5 rings (SSSR count). The number of aromatic nitrogens is 2. The second-order valence-electron chi connectivity index (χ2n) is 7.97. The van der Waals surface area contributed by atoms with Crippen LogP contribution in [0.15, 0.2) is 104 Å². The van der Waals surface area contributed by atoms with Crippen molar-refractivity contribution in [2.45, 2.75) is 6.92 Å². The van der Waals surface area contributed by atoms with Gasteiger partial charge in [0.25, 0.3) is 5.91 Å². The van der Waals surface area contributed by atoms with Crippen molar-refractivity contribution in [3.8, 4) is 0 Å². The topological polar surface area (TPSA) is 78.9 Å². The maximum absolute atomic E-state index is 12.7. The number of aryl methyl sites for hydroxylation is 1. The van der Waals surface area contributed by atoms with Crippen molar-refractivity contribution in [3.05, 3.63) is 115 Å². The number of rotatable bonds is 6. The molecule has 3 N–H and O–H groups in total. The van der Waals surface area contributed by atoms with Crippen molar-refractivity contribution in [1.29, 1.82) is 0 Å². The number of nitrogens with one attached hydrogen (secondary N) is 3. The van der Waals surface area contributed by atoms with E-state index in [1.165, 1.54) is 5.56 Å². The van der Waals surface area contributed by atoms with Gasteiger partial charge in [0, 0.05) is 58.0 Å². The molecule has 0 aliphatic rings. The molecule has 0 aliphatic carbocycles. The van der Waals surface area contributed by atoms with E-state index in [0.29, 0.717) is 5.56 Å². The van der Waals surface area contributed by atoms with Gasteiger partial charge in [0.1, 0.15) is 0 Å². The van der Waals surface area contributed by atoms with Crippen LogP contribution in [0.25, 0.3) is 10.9 Å². The van der Waals surface area contributed by atoms with Crippen molar-refractivity contribution in [1.82, 2.24) is 9.97 Å². The van der Waals surface area contributed by atoms with Crippen LogP contribution >= 0.6 is 0 Å². The average molecular weight is 446 g/mol. The molecule has 0 bridgehead atoms. The molecule has 2 heterocycles. The highest BCUT2D eigenvalue weighted by Crippen LogP contribution is 2.27. The number of pyridine rings is 2. The predicted molar refractivity (Wildman–Crippen MR) is 138 cm³/mol. The van der Waals surface area contributed by atoms with Gasteiger partial charge in [-0.05, 0) is 85.8 Å². The van der Waals surface area contributed by atoms with Gasteiger partial charge in [-0.3, -0.25) is 14.8 Å². The molecule has 166 valence electrons. The van der Waals surface area contributed by atoms with Crippen LogP contribution in [0.4, 0.5) is 28.4 Å². The first kappa shape index (κ1) is 21.2. The largest absolute Gasteiger partial charge is 0.355 e. The Labute approximate surface area is 197 Å². The van der Waals surface area contributed by atoms with Gasteiger partial charge in [0.05, 0.1) is 5.52 Å². The summed E-state index contributed by atoms with van der Waals surface area (Å²) in [4.78, 5) is 21.1. The van der Waals surface area contributed by atoms with Crippen molar-refractivity contribution in [2.75, 3.05) is 16.0 Å². The molecule has 1 amide bonds. The number of carbonyl (C=O) groups excluding carboxylic acids is 1. The lowest BCUT2D eigenvalue weighted by molar-refractivity contribution is 0.102. The van der Waals surface area contributed by atoms with Crippen LogP contribution in [-0.2, 0) is 0 Å². The molecule has 0 unspecified atom stereocenters. The normalized spacial score (nSPS) is 10.6. The van der Waals surface area contributed by atoms with Crippen molar-refractivity contribution in [3.63, 3.8) is 0 Å². The summed E-state index contributed by atoms with van der Waals surface area (Å²) in [6.45, 7) is 2.07. The number of benzene rings is 3. The number of carbonyl (C=O) groups is 1. The molecule has 0 aliphatic heterocycles. The number of fused-ring (bicyclic) bond motifs is 1. The monoisotopic (exact) mass is 445 g/mol. The third kappa shape index (κ3) is 4.86. The zero-order valence-corrected chi connectivity index (χ0v) is 18.6. The van der Waals surface area contributed by atoms with E-state index >= 15 is 0 Å². The van der Waals surface area contributed by atoms with Crippen LogP contribution in [0.2, 0.25) is 0 Å². The second-order valence-corrected chi connectivity index (χ2v) is 7.97. The second kappa shape index (κ2) is 9.42. The molecule has 2 aromatic heterocycles. The maximum atomic E-state index is 12.7. The van der Waals surface area contributed by atoms with Crippen LogP contribution in [-0.4, -0.2) is 15.9 Å². The van der Waals surface area contributed by atoms with E-state index in [1.807, 2.05) is 60.7 Å². The van der Waals surface area contributed by atoms with Gasteiger partial charge in [-0.25, -0.2) is 0 Å². The number of anilines is 5. The summed E-state index contributed by atoms with van der Waals surface area (Å²) in [5, 5.41) is 10.7. The summed E-state index contributed by atoms with van der Waals surface area (Å²) in [6, 6.07) is 26.9. The Morgan fingerprint density at radius 2 is 1.32 bits per heavy atom. The summed E-state index contributed by atoms with van der Waals surface area (Å²) < 4.78 is 0. The van der Waals surface area contributed by atoms with Gasteiger partial charge >= 0.3 is 0 Å². The number of amides is 1. The van der Waals surface area contributed by atoms with E-state index in [1.54, 1.807) is 30.7 Å². The fourth-order valence-corrected chi connectivity index (χ4v) is 3.67. The Kier molecular flexibility index (Phi) is 5.86. The SMILES string of the molecule is Cc1ccc2nccc(Nc3ccc(NC(=O)c4ccc(Nc5ccncc5)cc4)cc3)c2c1. The van der Waals surface area contributed by atoms with Gasteiger partial charge in [0.2, 0.25) is 0 Å². The molecule has 6 heteroatoms. The summed E-state index contributed by atoms with van der Waals surface area (Å²) in [6.07, 6.45) is 5.25. The van der Waals surface area contributed by atoms with Crippen LogP contribution in [0.3, 0.4) is 0 Å². The maximum Gasteiger partial charge on any atom is 0.255 e. The fourth-order valence-electron chi connectivity index (χ4n) is 3.67. The number of hydrogen-bond donors (Lipinski definition) is 3. The van der Waals surface area contributed by atoms with Gasteiger partial charge in [0.15, 0.2) is 0 Å². The lowest BCUT2D eigenvalue weighted by Crippen LogP contribution is -2.11. The molecule has 5 aromatic rings. The summed E-state index contributed by atoms with van der Waals surface area (Å²) in [5.74, 6) is -0.160. The first-order valence-electron chi connectivity index (χ1n) is 10.9. The smallest absolute Gasteiger partial charge is 0.255 e. The lowest BCUT2D eigenvalue weighted by atomic mass is 10.1. The lowest BCUT2D eigenvalue weighted by Gasteiger charge is -2.11. The van der Waals surface area contributed by atoms with Gasteiger partial charge < -0.3 is 16.0 Å². The first-order chi connectivity index (χ1) is 16.6. The van der Waals surface area contributed by atoms with Crippen LogP contribution < -0.4 is 16.0 Å². The third-order valence-corrected chi connectivity index (χ3v) is 5.43. The number of nitrogens with zero attached hydrogens (tertiary/aromatic N) is 2. The Morgan fingerprint density at radius 1 is 0.676 bits per heavy atom. The van der Waals surface area contributed by atoms with Gasteiger partial charge in [-0.2, -0.15) is 0 Å². The molecule has 6 nitrogen and oxygen atoms in total. The average Bonchev–Trinajstić information content (AvgIpc) is 2.87. The van der Waals surface area contributed by atoms with E-state index in [-0.39, 0.29) is 5.91 Å². The molecular formula is C28H23N5O. The van der Waals surface area contributed by atoms with Gasteiger partial charge in [-0.15, -0.1) is 0 Å². The minimum absolute atomic E-state index is 0.160. The molecule has 0 radical (unpaired) electrons. The highest BCUT2D eigenvalue weighted by Gasteiger charge is 2.07. The van der Waals surface area contributed by atoms with Crippen LogP contribution in [0.5, 0.6) is 0 Å². The molecule has 0 spiro atoms. The standard InChI is InChI=1S/C28H23N5O/c1-19-2-11-26-25(18-19)27(14-17-30-26)32-22-7-9-23(10-8-22)33-28(34)20-3-5-21(6-4-20)31-24-12-15-29-16-13-24/h2-18H,1H3,(H,29,31)(H,30,32)(H,33,34). The van der Waals surface area contributed by atoms with E-state index in [2.05, 4.69) is 45.0 Å². The Hall–Kier alpha value is -4.71. The Balaban J connectivity index is 1.24.